The van der Waals surface area contributed by atoms with E-state index in [9.17, 15) is 4.79 Å². The molecule has 1 amide bonds. The van der Waals surface area contributed by atoms with Crippen LogP contribution in [0.4, 0.5) is 5.69 Å². The van der Waals surface area contributed by atoms with E-state index in [-0.39, 0.29) is 11.9 Å². The molecule has 1 unspecified atom stereocenters. The Bertz CT molecular complexity index is 607. The quantitative estimate of drug-likeness (QED) is 0.913. The molecule has 2 N–H and O–H groups in total. The molecule has 19 heavy (non-hydrogen) atoms. The standard InChI is InChI=1S/C15H16N2OS/c1-17-12-6-4-11(9-10(12)5-7-14(17)18)15(16)13-3-2-8-19-13/h2-4,6,8-9,15H,5,7,16H2,1H3. The first-order valence-electron chi connectivity index (χ1n) is 6.35. The van der Waals surface area contributed by atoms with Crippen LogP contribution in [0.25, 0.3) is 0 Å². The fraction of sp³-hybridized carbons (Fsp3) is 0.267. The molecule has 1 aliphatic rings. The third-order valence-electron chi connectivity index (χ3n) is 3.66. The highest BCUT2D eigenvalue weighted by molar-refractivity contribution is 7.10. The molecule has 3 nitrogen and oxygen atoms in total. The third kappa shape index (κ3) is 2.17. The predicted molar refractivity (Wildman–Crippen MR) is 78.5 cm³/mol. The van der Waals surface area contributed by atoms with E-state index in [2.05, 4.69) is 12.1 Å². The summed E-state index contributed by atoms with van der Waals surface area (Å²) in [5, 5.41) is 2.04. The van der Waals surface area contributed by atoms with Gasteiger partial charge < -0.3 is 10.6 Å². The maximum atomic E-state index is 11.7. The van der Waals surface area contributed by atoms with Crippen LogP contribution >= 0.6 is 11.3 Å². The van der Waals surface area contributed by atoms with E-state index in [1.165, 1.54) is 10.4 Å². The van der Waals surface area contributed by atoms with Crippen LogP contribution in [0.3, 0.4) is 0 Å². The largest absolute Gasteiger partial charge is 0.320 e. The van der Waals surface area contributed by atoms with Crippen LogP contribution in [0, 0.1) is 0 Å². The minimum atomic E-state index is -0.0757. The molecule has 2 heterocycles. The summed E-state index contributed by atoms with van der Waals surface area (Å²) >= 11 is 1.67. The second kappa shape index (κ2) is 4.79. The lowest BCUT2D eigenvalue weighted by Gasteiger charge is -2.26. The molecule has 0 saturated heterocycles. The highest BCUT2D eigenvalue weighted by atomic mass is 32.1. The number of hydrogen-bond acceptors (Lipinski definition) is 3. The SMILES string of the molecule is CN1C(=O)CCc2cc(C(N)c3cccs3)ccc21. The van der Waals surface area contributed by atoms with Gasteiger partial charge in [-0.3, -0.25) is 4.79 Å². The van der Waals surface area contributed by atoms with Gasteiger partial charge in [0.25, 0.3) is 0 Å². The first kappa shape index (κ1) is 12.4. The van der Waals surface area contributed by atoms with Gasteiger partial charge >= 0.3 is 0 Å². The Kier molecular flexibility index (Phi) is 3.12. The van der Waals surface area contributed by atoms with E-state index in [1.807, 2.05) is 30.6 Å². The molecule has 1 aromatic heterocycles. The highest BCUT2D eigenvalue weighted by Crippen LogP contribution is 2.31. The molecule has 0 saturated carbocycles. The Hall–Kier alpha value is -1.65. The maximum Gasteiger partial charge on any atom is 0.227 e. The molecule has 0 bridgehead atoms. The van der Waals surface area contributed by atoms with Gasteiger partial charge in [-0.15, -0.1) is 11.3 Å². The van der Waals surface area contributed by atoms with Crippen molar-refractivity contribution in [3.63, 3.8) is 0 Å². The molecule has 1 atom stereocenters. The van der Waals surface area contributed by atoms with Crippen molar-refractivity contribution in [2.24, 2.45) is 5.73 Å². The number of aryl methyl sites for hydroxylation is 1. The van der Waals surface area contributed by atoms with Crippen molar-refractivity contribution >= 4 is 22.9 Å². The van der Waals surface area contributed by atoms with Gasteiger partial charge in [-0.25, -0.2) is 0 Å². The number of benzene rings is 1. The van der Waals surface area contributed by atoms with Gasteiger partial charge in [-0.05, 0) is 35.1 Å². The Morgan fingerprint density at radius 2 is 2.16 bits per heavy atom. The first-order valence-corrected chi connectivity index (χ1v) is 7.23. The normalized spacial score (nSPS) is 16.3. The predicted octanol–water partition coefficient (Wildman–Crippen LogP) is 2.71. The van der Waals surface area contributed by atoms with E-state index < -0.39 is 0 Å². The van der Waals surface area contributed by atoms with Crippen LogP contribution in [0.1, 0.15) is 28.5 Å². The van der Waals surface area contributed by atoms with E-state index in [0.717, 1.165) is 17.7 Å². The number of rotatable bonds is 2. The Morgan fingerprint density at radius 1 is 1.32 bits per heavy atom. The van der Waals surface area contributed by atoms with Crippen LogP contribution in [-0.2, 0) is 11.2 Å². The van der Waals surface area contributed by atoms with Crippen molar-refractivity contribution in [2.45, 2.75) is 18.9 Å². The van der Waals surface area contributed by atoms with Gasteiger partial charge in [0.1, 0.15) is 0 Å². The van der Waals surface area contributed by atoms with Crippen LogP contribution in [0.2, 0.25) is 0 Å². The van der Waals surface area contributed by atoms with E-state index in [0.29, 0.717) is 6.42 Å². The molecule has 1 aliphatic heterocycles. The summed E-state index contributed by atoms with van der Waals surface area (Å²) in [6.07, 6.45) is 1.39. The number of carbonyl (C=O) groups excluding carboxylic acids is 1. The molecule has 0 aliphatic carbocycles. The van der Waals surface area contributed by atoms with Gasteiger partial charge in [0.05, 0.1) is 6.04 Å². The van der Waals surface area contributed by atoms with Crippen molar-refractivity contribution in [1.29, 1.82) is 0 Å². The summed E-state index contributed by atoms with van der Waals surface area (Å²) in [4.78, 5) is 14.6. The summed E-state index contributed by atoms with van der Waals surface area (Å²) in [6, 6.07) is 10.2. The summed E-state index contributed by atoms with van der Waals surface area (Å²) in [7, 11) is 1.83. The second-order valence-corrected chi connectivity index (χ2v) is 5.81. The lowest BCUT2D eigenvalue weighted by Crippen LogP contribution is -2.31. The topological polar surface area (TPSA) is 46.3 Å². The fourth-order valence-corrected chi connectivity index (χ4v) is 3.26. The number of nitrogens with two attached hydrogens (primary N) is 1. The Labute approximate surface area is 116 Å². The molecule has 0 fully saturated rings. The van der Waals surface area contributed by atoms with E-state index in [4.69, 9.17) is 5.73 Å². The summed E-state index contributed by atoms with van der Waals surface area (Å²) in [6.45, 7) is 0. The summed E-state index contributed by atoms with van der Waals surface area (Å²) in [5.41, 5.74) is 9.63. The van der Waals surface area contributed by atoms with Gasteiger partial charge in [-0.1, -0.05) is 18.2 Å². The smallest absolute Gasteiger partial charge is 0.227 e. The van der Waals surface area contributed by atoms with E-state index in [1.54, 1.807) is 16.2 Å². The Morgan fingerprint density at radius 3 is 2.89 bits per heavy atom. The van der Waals surface area contributed by atoms with Crippen LogP contribution in [-0.4, -0.2) is 13.0 Å². The molecule has 0 spiro atoms. The van der Waals surface area contributed by atoms with Crippen LogP contribution in [0.5, 0.6) is 0 Å². The number of amides is 1. The minimum Gasteiger partial charge on any atom is -0.320 e. The molecule has 98 valence electrons. The zero-order valence-electron chi connectivity index (χ0n) is 10.8. The molecule has 4 heteroatoms. The van der Waals surface area contributed by atoms with Crippen molar-refractivity contribution < 1.29 is 4.79 Å². The third-order valence-corrected chi connectivity index (χ3v) is 4.61. The number of carbonyl (C=O) groups is 1. The van der Waals surface area contributed by atoms with Gasteiger partial charge in [0.2, 0.25) is 5.91 Å². The summed E-state index contributed by atoms with van der Waals surface area (Å²) in [5.74, 6) is 0.183. The summed E-state index contributed by atoms with van der Waals surface area (Å²) < 4.78 is 0. The molecule has 0 radical (unpaired) electrons. The second-order valence-electron chi connectivity index (χ2n) is 4.83. The van der Waals surface area contributed by atoms with Crippen molar-refractivity contribution in [1.82, 2.24) is 0 Å². The number of hydrogen-bond donors (Lipinski definition) is 1. The van der Waals surface area contributed by atoms with Crippen molar-refractivity contribution in [2.75, 3.05) is 11.9 Å². The number of thiophene rings is 1. The fourth-order valence-electron chi connectivity index (χ4n) is 2.50. The molecule has 2 aromatic rings. The number of fused-ring (bicyclic) bond motifs is 1. The zero-order chi connectivity index (χ0) is 13.4. The zero-order valence-corrected chi connectivity index (χ0v) is 11.6. The molecular weight excluding hydrogens is 256 g/mol. The maximum absolute atomic E-state index is 11.7. The van der Waals surface area contributed by atoms with Crippen molar-refractivity contribution in [3.05, 3.63) is 51.7 Å². The highest BCUT2D eigenvalue weighted by Gasteiger charge is 2.22. The molecular formula is C15H16N2OS. The first-order chi connectivity index (χ1) is 9.16. The number of nitrogens with zero attached hydrogens (tertiary/aromatic N) is 1. The average molecular weight is 272 g/mol. The molecule has 1 aromatic carbocycles. The monoisotopic (exact) mass is 272 g/mol. The van der Waals surface area contributed by atoms with Gasteiger partial charge in [-0.2, -0.15) is 0 Å². The van der Waals surface area contributed by atoms with E-state index >= 15 is 0 Å². The lowest BCUT2D eigenvalue weighted by atomic mass is 9.96. The van der Waals surface area contributed by atoms with Crippen LogP contribution < -0.4 is 10.6 Å². The molecule has 3 rings (SSSR count). The average Bonchev–Trinajstić information content (AvgIpc) is 2.96. The van der Waals surface area contributed by atoms with Gasteiger partial charge in [0.15, 0.2) is 0 Å². The Balaban J connectivity index is 1.96. The number of anilines is 1. The van der Waals surface area contributed by atoms with Crippen molar-refractivity contribution in [3.8, 4) is 0 Å². The minimum absolute atomic E-state index is 0.0757. The van der Waals surface area contributed by atoms with Crippen LogP contribution in [0.15, 0.2) is 35.7 Å². The van der Waals surface area contributed by atoms with Gasteiger partial charge in [0, 0.05) is 24.0 Å². The lowest BCUT2D eigenvalue weighted by molar-refractivity contribution is -0.118.